The van der Waals surface area contributed by atoms with Crippen LogP contribution in [0.4, 0.5) is 0 Å². The van der Waals surface area contributed by atoms with Crippen LogP contribution in [0.3, 0.4) is 0 Å². The number of fused-ring (bicyclic) bond motifs is 2. The van der Waals surface area contributed by atoms with Crippen molar-refractivity contribution in [1.29, 1.82) is 0 Å². The van der Waals surface area contributed by atoms with E-state index in [1.54, 1.807) is 18.2 Å². The van der Waals surface area contributed by atoms with Crippen molar-refractivity contribution in [2.75, 3.05) is 0 Å². The van der Waals surface area contributed by atoms with Crippen molar-refractivity contribution < 1.29 is 19.4 Å². The van der Waals surface area contributed by atoms with Crippen LogP contribution in [-0.4, -0.2) is 16.0 Å². The van der Waals surface area contributed by atoms with Crippen LogP contribution in [0.1, 0.15) is 21.5 Å². The van der Waals surface area contributed by atoms with Crippen molar-refractivity contribution >= 4 is 16.8 Å². The fraction of sp³-hybridized carbons (Fsp3) is 0.0455. The Hall–Kier alpha value is -3.53. The summed E-state index contributed by atoms with van der Waals surface area (Å²) in [6.45, 7) is 2.00. The molecule has 0 saturated carbocycles. The van der Waals surface area contributed by atoms with Crippen molar-refractivity contribution in [1.82, 2.24) is 0 Å². The largest absolute Gasteiger partial charge is 0.508 e. The first-order chi connectivity index (χ1) is 12.5. The minimum absolute atomic E-state index is 0.0276. The van der Waals surface area contributed by atoms with E-state index < -0.39 is 0 Å². The van der Waals surface area contributed by atoms with Crippen LogP contribution in [0.15, 0.2) is 59.0 Å². The molecule has 0 spiro atoms. The van der Waals surface area contributed by atoms with Gasteiger partial charge in [-0.05, 0) is 19.1 Å². The molecule has 5 rings (SSSR count). The molecule has 0 radical (unpaired) electrons. The summed E-state index contributed by atoms with van der Waals surface area (Å²) in [6, 6.07) is 15.7. The monoisotopic (exact) mass is 342 g/mol. The van der Waals surface area contributed by atoms with Gasteiger partial charge >= 0.3 is 0 Å². The summed E-state index contributed by atoms with van der Waals surface area (Å²) in [5.74, 6) is 0.341. The maximum absolute atomic E-state index is 12.9. The highest BCUT2D eigenvalue weighted by Crippen LogP contribution is 2.50. The van der Waals surface area contributed by atoms with Gasteiger partial charge in [-0.1, -0.05) is 42.0 Å². The highest BCUT2D eigenvalue weighted by Gasteiger charge is 2.33. The molecule has 4 heteroatoms. The summed E-state index contributed by atoms with van der Waals surface area (Å²) < 4.78 is 6.05. The molecule has 1 heterocycles. The van der Waals surface area contributed by atoms with Crippen LogP contribution < -0.4 is 0 Å². The van der Waals surface area contributed by atoms with Gasteiger partial charge in [0.1, 0.15) is 22.8 Å². The molecule has 0 amide bonds. The number of hydrogen-bond acceptors (Lipinski definition) is 4. The third kappa shape index (κ3) is 1.87. The zero-order valence-corrected chi connectivity index (χ0v) is 13.9. The molecule has 1 aliphatic carbocycles. The first kappa shape index (κ1) is 14.8. The number of carbonyl (C=O) groups is 1. The quantitative estimate of drug-likeness (QED) is 0.448. The lowest BCUT2D eigenvalue weighted by atomic mass is 9.83. The third-order valence-electron chi connectivity index (χ3n) is 4.87. The number of aryl methyl sites for hydroxylation is 1. The third-order valence-corrected chi connectivity index (χ3v) is 4.87. The van der Waals surface area contributed by atoms with E-state index in [2.05, 4.69) is 0 Å². The van der Waals surface area contributed by atoms with Crippen molar-refractivity contribution in [3.8, 4) is 33.9 Å². The number of ketones is 1. The average Bonchev–Trinajstić information content (AvgIpc) is 2.99. The van der Waals surface area contributed by atoms with Gasteiger partial charge in [0.2, 0.25) is 0 Å². The van der Waals surface area contributed by atoms with Crippen LogP contribution in [0.2, 0.25) is 0 Å². The Balaban J connectivity index is 1.98. The van der Waals surface area contributed by atoms with Crippen LogP contribution in [0.25, 0.3) is 33.4 Å². The zero-order valence-electron chi connectivity index (χ0n) is 13.9. The number of rotatable bonds is 1. The summed E-state index contributed by atoms with van der Waals surface area (Å²) >= 11 is 0. The minimum atomic E-state index is -0.236. The number of benzene rings is 3. The summed E-state index contributed by atoms with van der Waals surface area (Å²) in [4.78, 5) is 12.9. The van der Waals surface area contributed by atoms with Crippen LogP contribution >= 0.6 is 0 Å². The topological polar surface area (TPSA) is 70.7 Å². The number of hydrogen-bond donors (Lipinski definition) is 2. The molecule has 0 atom stereocenters. The smallest absolute Gasteiger partial charge is 0.194 e. The fourth-order valence-electron chi connectivity index (χ4n) is 3.68. The second-order valence-electron chi connectivity index (χ2n) is 6.57. The molecule has 0 unspecified atom stereocenters. The Morgan fingerprint density at radius 2 is 1.65 bits per heavy atom. The lowest BCUT2D eigenvalue weighted by Gasteiger charge is -2.17. The number of phenolic OH excluding ortho intramolecular Hbond substituents is 2. The van der Waals surface area contributed by atoms with Gasteiger partial charge in [0.05, 0.1) is 0 Å². The molecule has 4 nitrogen and oxygen atoms in total. The van der Waals surface area contributed by atoms with Crippen LogP contribution in [0, 0.1) is 6.92 Å². The summed E-state index contributed by atoms with van der Waals surface area (Å²) in [7, 11) is 0. The molecule has 0 aliphatic heterocycles. The number of phenols is 2. The van der Waals surface area contributed by atoms with Gasteiger partial charge in [-0.15, -0.1) is 0 Å². The van der Waals surface area contributed by atoms with E-state index in [0.29, 0.717) is 39.0 Å². The molecule has 1 aliphatic rings. The molecule has 1 aromatic heterocycles. The first-order valence-electron chi connectivity index (χ1n) is 8.28. The Morgan fingerprint density at radius 1 is 0.885 bits per heavy atom. The molecule has 26 heavy (non-hydrogen) atoms. The minimum Gasteiger partial charge on any atom is -0.508 e. The molecule has 0 saturated heterocycles. The summed E-state index contributed by atoms with van der Waals surface area (Å²) in [5, 5.41) is 21.2. The molecular formula is C22H14O4. The van der Waals surface area contributed by atoms with Gasteiger partial charge in [-0.2, -0.15) is 0 Å². The van der Waals surface area contributed by atoms with Gasteiger partial charge in [0.25, 0.3) is 0 Å². The van der Waals surface area contributed by atoms with Gasteiger partial charge in [-0.25, -0.2) is 0 Å². The Bertz CT molecular complexity index is 1210. The van der Waals surface area contributed by atoms with E-state index in [1.165, 1.54) is 12.1 Å². The fourth-order valence-corrected chi connectivity index (χ4v) is 3.68. The standard InChI is InChI=1S/C22H14O4/c1-11-5-7-12(8-6-11)22-20-18-14(3-2-4-16(18)24)21(25)15-9-13(23)10-17(26-22)19(15)20/h2-10,23-24H,1H3. The molecule has 2 N–H and O–H groups in total. The Labute approximate surface area is 148 Å². The molecule has 4 aromatic rings. The van der Waals surface area contributed by atoms with Gasteiger partial charge in [-0.3, -0.25) is 4.79 Å². The average molecular weight is 342 g/mol. The van der Waals surface area contributed by atoms with E-state index >= 15 is 0 Å². The predicted octanol–water partition coefficient (Wildman–Crippen LogP) is 5.03. The number of aromatic hydroxyl groups is 2. The normalized spacial score (nSPS) is 12.4. The van der Waals surface area contributed by atoms with Crippen molar-refractivity contribution in [2.45, 2.75) is 6.92 Å². The number of carbonyl (C=O) groups excluding carboxylic acids is 1. The highest BCUT2D eigenvalue weighted by atomic mass is 16.3. The summed E-state index contributed by atoms with van der Waals surface area (Å²) in [6.07, 6.45) is 0. The van der Waals surface area contributed by atoms with E-state index in [4.69, 9.17) is 4.42 Å². The van der Waals surface area contributed by atoms with E-state index in [9.17, 15) is 15.0 Å². The van der Waals surface area contributed by atoms with Crippen molar-refractivity contribution in [3.63, 3.8) is 0 Å². The van der Waals surface area contributed by atoms with Crippen LogP contribution in [-0.2, 0) is 0 Å². The van der Waals surface area contributed by atoms with Gasteiger partial charge in [0, 0.05) is 39.3 Å². The predicted molar refractivity (Wildman–Crippen MR) is 98.6 cm³/mol. The first-order valence-corrected chi connectivity index (χ1v) is 8.28. The van der Waals surface area contributed by atoms with E-state index in [0.717, 1.165) is 11.1 Å². The van der Waals surface area contributed by atoms with Crippen molar-refractivity contribution in [2.24, 2.45) is 0 Å². The zero-order chi connectivity index (χ0) is 18.0. The number of furan rings is 1. The van der Waals surface area contributed by atoms with Crippen molar-refractivity contribution in [3.05, 3.63) is 71.3 Å². The second-order valence-corrected chi connectivity index (χ2v) is 6.57. The molecule has 3 aromatic carbocycles. The lowest BCUT2D eigenvalue weighted by Crippen LogP contribution is -2.09. The molecular weight excluding hydrogens is 328 g/mol. The molecule has 126 valence electrons. The van der Waals surface area contributed by atoms with E-state index in [-0.39, 0.29) is 17.3 Å². The molecule has 0 bridgehead atoms. The van der Waals surface area contributed by atoms with Gasteiger partial charge in [0.15, 0.2) is 5.78 Å². The second kappa shape index (κ2) is 4.99. The molecule has 0 fully saturated rings. The maximum Gasteiger partial charge on any atom is 0.194 e. The lowest BCUT2D eigenvalue weighted by molar-refractivity contribution is 0.103. The maximum atomic E-state index is 12.9. The van der Waals surface area contributed by atoms with Gasteiger partial charge < -0.3 is 14.6 Å². The Kier molecular flexibility index (Phi) is 2.84. The van der Waals surface area contributed by atoms with Crippen LogP contribution in [0.5, 0.6) is 11.5 Å². The summed E-state index contributed by atoms with van der Waals surface area (Å²) in [5.41, 5.74) is 4.34. The van der Waals surface area contributed by atoms with E-state index in [1.807, 2.05) is 31.2 Å². The SMILES string of the molecule is Cc1ccc(-c2oc3cc(O)cc4c3c2-c2c(O)cccc2C4=O)cc1. The highest BCUT2D eigenvalue weighted by molar-refractivity contribution is 6.28. The Morgan fingerprint density at radius 3 is 2.42 bits per heavy atom.